The molecule has 0 bridgehead atoms. The number of likely N-dealkylation sites (tertiary alicyclic amines) is 1. The summed E-state index contributed by atoms with van der Waals surface area (Å²) < 4.78 is 0. The van der Waals surface area contributed by atoms with Crippen molar-refractivity contribution in [3.8, 4) is 6.07 Å². The molecule has 4 rings (SSSR count). The number of anilines is 1. The van der Waals surface area contributed by atoms with Crippen LogP contribution in [-0.4, -0.2) is 41.0 Å². The molecule has 3 heterocycles. The van der Waals surface area contributed by atoms with E-state index in [0.29, 0.717) is 5.92 Å². The fourth-order valence-electron chi connectivity index (χ4n) is 3.65. The smallest absolute Gasteiger partial charge is 0.125 e. The van der Waals surface area contributed by atoms with Crippen LogP contribution in [0.4, 0.5) is 5.82 Å². The monoisotopic (exact) mass is 331 g/mol. The van der Waals surface area contributed by atoms with Crippen molar-refractivity contribution in [2.24, 2.45) is 0 Å². The van der Waals surface area contributed by atoms with Gasteiger partial charge in [0, 0.05) is 42.9 Å². The number of pyridine rings is 1. The highest BCUT2D eigenvalue weighted by Gasteiger charge is 2.25. The standard InChI is InChI=1S/C20H21N5/c21-12-15-4-5-19-17(11-15)18(13-24-19)16-6-9-25(14-16)10-8-23-20-3-1-2-7-22-20/h1-5,7,11,13,16,24H,6,8-10,14H2,(H,22,23). The van der Waals surface area contributed by atoms with Crippen molar-refractivity contribution in [2.45, 2.75) is 12.3 Å². The van der Waals surface area contributed by atoms with Crippen molar-refractivity contribution < 1.29 is 0 Å². The van der Waals surface area contributed by atoms with Gasteiger partial charge in [-0.05, 0) is 54.8 Å². The first kappa shape index (κ1) is 15.7. The molecule has 1 fully saturated rings. The molecule has 1 aliphatic heterocycles. The predicted octanol–water partition coefficient (Wildman–Crippen LogP) is 3.34. The van der Waals surface area contributed by atoms with E-state index in [-0.39, 0.29) is 0 Å². The van der Waals surface area contributed by atoms with Crippen LogP contribution >= 0.6 is 0 Å². The molecule has 3 aromatic rings. The number of benzene rings is 1. The van der Waals surface area contributed by atoms with Crippen LogP contribution in [0.5, 0.6) is 0 Å². The number of H-pyrrole nitrogens is 1. The van der Waals surface area contributed by atoms with Gasteiger partial charge in [-0.25, -0.2) is 4.98 Å². The number of nitriles is 1. The summed E-state index contributed by atoms with van der Waals surface area (Å²) in [6.07, 6.45) is 5.08. The molecule has 1 unspecified atom stereocenters. The third-order valence-electron chi connectivity index (χ3n) is 4.95. The highest BCUT2D eigenvalue weighted by molar-refractivity contribution is 5.85. The van der Waals surface area contributed by atoms with E-state index in [2.05, 4.69) is 32.5 Å². The Labute approximate surface area is 147 Å². The summed E-state index contributed by atoms with van der Waals surface area (Å²) in [6, 6.07) is 14.0. The maximum atomic E-state index is 9.14. The summed E-state index contributed by atoms with van der Waals surface area (Å²) in [7, 11) is 0. The SMILES string of the molecule is N#Cc1ccc2[nH]cc(C3CCN(CCNc4ccccn4)C3)c2c1. The lowest BCUT2D eigenvalue weighted by atomic mass is 9.97. The first-order valence-corrected chi connectivity index (χ1v) is 8.72. The summed E-state index contributed by atoms with van der Waals surface area (Å²) in [5, 5.41) is 13.7. The number of fused-ring (bicyclic) bond motifs is 1. The molecule has 0 radical (unpaired) electrons. The molecule has 0 spiro atoms. The minimum atomic E-state index is 0.526. The lowest BCUT2D eigenvalue weighted by Gasteiger charge is -2.16. The third kappa shape index (κ3) is 3.35. The van der Waals surface area contributed by atoms with Crippen LogP contribution in [0.1, 0.15) is 23.5 Å². The second-order valence-electron chi connectivity index (χ2n) is 6.54. The number of aromatic nitrogens is 2. The van der Waals surface area contributed by atoms with Gasteiger partial charge >= 0.3 is 0 Å². The molecule has 1 aromatic carbocycles. The van der Waals surface area contributed by atoms with Gasteiger partial charge in [0.15, 0.2) is 0 Å². The highest BCUT2D eigenvalue weighted by atomic mass is 15.2. The third-order valence-corrected chi connectivity index (χ3v) is 4.95. The summed E-state index contributed by atoms with van der Waals surface area (Å²) in [5.41, 5.74) is 3.18. The zero-order chi connectivity index (χ0) is 17.1. The van der Waals surface area contributed by atoms with E-state index >= 15 is 0 Å². The van der Waals surface area contributed by atoms with E-state index in [1.54, 1.807) is 6.20 Å². The van der Waals surface area contributed by atoms with Gasteiger partial charge in [0.25, 0.3) is 0 Å². The average molecular weight is 331 g/mol. The number of hydrogen-bond acceptors (Lipinski definition) is 4. The molecule has 126 valence electrons. The van der Waals surface area contributed by atoms with Crippen LogP contribution < -0.4 is 5.32 Å². The zero-order valence-corrected chi connectivity index (χ0v) is 14.1. The van der Waals surface area contributed by atoms with Crippen molar-refractivity contribution in [2.75, 3.05) is 31.5 Å². The van der Waals surface area contributed by atoms with Crippen LogP contribution in [0.15, 0.2) is 48.8 Å². The van der Waals surface area contributed by atoms with Crippen molar-refractivity contribution in [3.05, 3.63) is 59.9 Å². The summed E-state index contributed by atoms with van der Waals surface area (Å²) in [4.78, 5) is 10.1. The maximum Gasteiger partial charge on any atom is 0.125 e. The molecular weight excluding hydrogens is 310 g/mol. The van der Waals surface area contributed by atoms with Crippen molar-refractivity contribution in [1.29, 1.82) is 5.26 Å². The van der Waals surface area contributed by atoms with E-state index in [0.717, 1.165) is 49.5 Å². The molecule has 1 saturated heterocycles. The quantitative estimate of drug-likeness (QED) is 0.752. The van der Waals surface area contributed by atoms with Crippen LogP contribution in [-0.2, 0) is 0 Å². The summed E-state index contributed by atoms with van der Waals surface area (Å²) >= 11 is 0. The Kier molecular flexibility index (Phi) is 4.36. The topological polar surface area (TPSA) is 67.7 Å². The van der Waals surface area contributed by atoms with Crippen molar-refractivity contribution in [1.82, 2.24) is 14.9 Å². The molecular formula is C20H21N5. The van der Waals surface area contributed by atoms with E-state index < -0.39 is 0 Å². The Hall–Kier alpha value is -2.84. The Morgan fingerprint density at radius 2 is 2.28 bits per heavy atom. The Morgan fingerprint density at radius 1 is 1.32 bits per heavy atom. The molecule has 2 aromatic heterocycles. The Balaban J connectivity index is 1.38. The van der Waals surface area contributed by atoms with E-state index in [1.807, 2.05) is 36.4 Å². The fraction of sp³-hybridized carbons (Fsp3) is 0.300. The van der Waals surface area contributed by atoms with E-state index in [4.69, 9.17) is 5.26 Å². The lowest BCUT2D eigenvalue weighted by molar-refractivity contribution is 0.348. The summed E-state index contributed by atoms with van der Waals surface area (Å²) in [5.74, 6) is 1.46. The molecule has 0 saturated carbocycles. The van der Waals surface area contributed by atoms with Gasteiger partial charge in [-0.3, -0.25) is 0 Å². The molecule has 25 heavy (non-hydrogen) atoms. The molecule has 0 amide bonds. The second-order valence-corrected chi connectivity index (χ2v) is 6.54. The van der Waals surface area contributed by atoms with Gasteiger partial charge in [0.05, 0.1) is 11.6 Å². The van der Waals surface area contributed by atoms with Gasteiger partial charge in [-0.2, -0.15) is 5.26 Å². The van der Waals surface area contributed by atoms with Gasteiger partial charge in [0.1, 0.15) is 5.82 Å². The van der Waals surface area contributed by atoms with E-state index in [9.17, 15) is 0 Å². The summed E-state index contributed by atoms with van der Waals surface area (Å²) in [6.45, 7) is 4.09. The van der Waals surface area contributed by atoms with Crippen LogP contribution in [0.2, 0.25) is 0 Å². The van der Waals surface area contributed by atoms with Gasteiger partial charge in [-0.15, -0.1) is 0 Å². The molecule has 0 aliphatic carbocycles. The number of aromatic amines is 1. The minimum absolute atomic E-state index is 0.526. The molecule has 1 aliphatic rings. The second kappa shape index (κ2) is 6.96. The van der Waals surface area contributed by atoms with Gasteiger partial charge in [0.2, 0.25) is 0 Å². The van der Waals surface area contributed by atoms with Gasteiger partial charge in [-0.1, -0.05) is 6.07 Å². The molecule has 5 heteroatoms. The number of rotatable bonds is 5. The van der Waals surface area contributed by atoms with E-state index in [1.165, 1.54) is 10.9 Å². The minimum Gasteiger partial charge on any atom is -0.369 e. The van der Waals surface area contributed by atoms with Crippen LogP contribution in [0.3, 0.4) is 0 Å². The van der Waals surface area contributed by atoms with Crippen LogP contribution in [0, 0.1) is 11.3 Å². The Bertz CT molecular complexity index is 893. The largest absolute Gasteiger partial charge is 0.369 e. The lowest BCUT2D eigenvalue weighted by Crippen LogP contribution is -2.26. The zero-order valence-electron chi connectivity index (χ0n) is 14.1. The first-order valence-electron chi connectivity index (χ1n) is 8.72. The highest BCUT2D eigenvalue weighted by Crippen LogP contribution is 2.32. The average Bonchev–Trinajstić information content (AvgIpc) is 3.28. The van der Waals surface area contributed by atoms with Crippen molar-refractivity contribution >= 4 is 16.7 Å². The fourth-order valence-corrected chi connectivity index (χ4v) is 3.65. The predicted molar refractivity (Wildman–Crippen MR) is 99.5 cm³/mol. The molecule has 2 N–H and O–H groups in total. The van der Waals surface area contributed by atoms with Gasteiger partial charge < -0.3 is 15.2 Å². The number of nitrogens with zero attached hydrogens (tertiary/aromatic N) is 3. The first-order chi connectivity index (χ1) is 12.3. The number of hydrogen-bond donors (Lipinski definition) is 2. The maximum absolute atomic E-state index is 9.14. The van der Waals surface area contributed by atoms with Crippen molar-refractivity contribution in [3.63, 3.8) is 0 Å². The van der Waals surface area contributed by atoms with Crippen LogP contribution in [0.25, 0.3) is 10.9 Å². The number of nitrogens with one attached hydrogen (secondary N) is 2. The Morgan fingerprint density at radius 3 is 3.12 bits per heavy atom. The molecule has 5 nitrogen and oxygen atoms in total. The normalized spacial score (nSPS) is 17.6. The molecule has 1 atom stereocenters.